The summed E-state index contributed by atoms with van der Waals surface area (Å²) in [4.78, 5) is 4.84. The van der Waals surface area contributed by atoms with Crippen LogP contribution in [0.5, 0.6) is 0 Å². The van der Waals surface area contributed by atoms with Crippen LogP contribution >= 0.6 is 0 Å². The van der Waals surface area contributed by atoms with E-state index >= 15 is 0 Å². The van der Waals surface area contributed by atoms with Crippen molar-refractivity contribution in [3.05, 3.63) is 84.2 Å². The van der Waals surface area contributed by atoms with Crippen LogP contribution in [0.25, 0.3) is 33.9 Å². The number of nitrogens with zero attached hydrogens (tertiary/aromatic N) is 6. The number of H-pyrrole nitrogens is 1. The number of tetrazole rings is 1. The molecule has 5 rings (SSSR count). The Bertz CT molecular complexity index is 1350. The monoisotopic (exact) mass is 450 g/mol. The van der Waals surface area contributed by atoms with E-state index in [1.54, 1.807) is 0 Å². The number of aromatic nitrogens is 7. The van der Waals surface area contributed by atoms with E-state index in [1.165, 1.54) is 0 Å². The molecule has 0 bridgehead atoms. The summed E-state index contributed by atoms with van der Waals surface area (Å²) in [5.41, 5.74) is 11.9. The molecule has 3 N–H and O–H groups in total. The molecule has 0 spiro atoms. The summed E-state index contributed by atoms with van der Waals surface area (Å²) in [6.45, 7) is 2.81. The van der Waals surface area contributed by atoms with Crippen molar-refractivity contribution in [2.45, 2.75) is 32.7 Å². The van der Waals surface area contributed by atoms with Gasteiger partial charge in [-0.1, -0.05) is 61.9 Å². The largest absolute Gasteiger partial charge is 0.399 e. The van der Waals surface area contributed by atoms with Crippen LogP contribution in [0.2, 0.25) is 0 Å². The minimum absolute atomic E-state index is 0.632. The summed E-state index contributed by atoms with van der Waals surface area (Å²) in [7, 11) is 0. The molecular formula is C26H26N8. The second-order valence-electron chi connectivity index (χ2n) is 8.23. The number of nitrogen functional groups attached to an aromatic ring is 1. The highest BCUT2D eigenvalue weighted by Crippen LogP contribution is 2.30. The van der Waals surface area contributed by atoms with Gasteiger partial charge in [0.25, 0.3) is 0 Å². The minimum atomic E-state index is 0.632. The van der Waals surface area contributed by atoms with Crippen molar-refractivity contribution < 1.29 is 0 Å². The third-order valence-electron chi connectivity index (χ3n) is 5.76. The van der Waals surface area contributed by atoms with Gasteiger partial charge < -0.3 is 5.73 Å². The summed E-state index contributed by atoms with van der Waals surface area (Å²) < 4.78 is 1.99. The number of anilines is 1. The number of nitrogens with two attached hydrogens (primary N) is 1. The van der Waals surface area contributed by atoms with Crippen molar-refractivity contribution in [1.29, 1.82) is 0 Å². The Hall–Kier alpha value is -4.33. The molecule has 8 heteroatoms. The fourth-order valence-corrected chi connectivity index (χ4v) is 3.96. The van der Waals surface area contributed by atoms with Gasteiger partial charge in [0.1, 0.15) is 0 Å². The molecule has 8 nitrogen and oxygen atoms in total. The maximum atomic E-state index is 5.89. The molecule has 0 aliphatic heterocycles. The van der Waals surface area contributed by atoms with Crippen LogP contribution in [0.4, 0.5) is 5.69 Å². The van der Waals surface area contributed by atoms with Gasteiger partial charge in [-0.2, -0.15) is 5.10 Å². The molecule has 0 atom stereocenters. The smallest absolute Gasteiger partial charge is 0.180 e. The van der Waals surface area contributed by atoms with E-state index in [4.69, 9.17) is 15.8 Å². The predicted octanol–water partition coefficient (Wildman–Crippen LogP) is 4.77. The van der Waals surface area contributed by atoms with Gasteiger partial charge in [0, 0.05) is 23.2 Å². The van der Waals surface area contributed by atoms with Crippen molar-refractivity contribution in [2.75, 3.05) is 5.73 Å². The molecule has 3 aromatic carbocycles. The van der Waals surface area contributed by atoms with Crippen LogP contribution < -0.4 is 5.73 Å². The van der Waals surface area contributed by atoms with Gasteiger partial charge in [0.15, 0.2) is 17.5 Å². The van der Waals surface area contributed by atoms with Gasteiger partial charge in [-0.25, -0.2) is 14.8 Å². The number of hydrogen-bond donors (Lipinski definition) is 2. The lowest BCUT2D eigenvalue weighted by molar-refractivity contribution is 0.666. The van der Waals surface area contributed by atoms with Gasteiger partial charge in [-0.05, 0) is 57.8 Å². The zero-order valence-electron chi connectivity index (χ0n) is 19.0. The second-order valence-corrected chi connectivity index (χ2v) is 8.23. The highest BCUT2D eigenvalue weighted by Gasteiger charge is 2.14. The zero-order chi connectivity index (χ0) is 23.3. The number of aromatic amines is 1. The average molecular weight is 451 g/mol. The molecular weight excluding hydrogens is 424 g/mol. The predicted molar refractivity (Wildman–Crippen MR) is 133 cm³/mol. The number of unbranched alkanes of at least 4 members (excludes halogenated alkanes) is 1. The normalized spacial score (nSPS) is 11.1. The van der Waals surface area contributed by atoms with Gasteiger partial charge >= 0.3 is 0 Å². The first-order valence-electron chi connectivity index (χ1n) is 11.4. The lowest BCUT2D eigenvalue weighted by Gasteiger charge is -2.10. The first-order chi connectivity index (χ1) is 16.7. The Labute approximate surface area is 197 Å². The third kappa shape index (κ3) is 4.56. The molecule has 0 saturated carbocycles. The summed E-state index contributed by atoms with van der Waals surface area (Å²) in [5.74, 6) is 2.38. The van der Waals surface area contributed by atoms with E-state index in [9.17, 15) is 0 Å². The van der Waals surface area contributed by atoms with Crippen LogP contribution in [0, 0.1) is 0 Å². The van der Waals surface area contributed by atoms with E-state index in [-0.39, 0.29) is 0 Å². The lowest BCUT2D eigenvalue weighted by Crippen LogP contribution is -2.05. The van der Waals surface area contributed by atoms with Crippen molar-refractivity contribution in [2.24, 2.45) is 0 Å². The average Bonchev–Trinajstić information content (AvgIpc) is 3.54. The number of nitrogens with one attached hydrogen (secondary N) is 1. The quantitative estimate of drug-likeness (QED) is 0.330. The van der Waals surface area contributed by atoms with Gasteiger partial charge in [-0.15, -0.1) is 5.10 Å². The Balaban J connectivity index is 1.43. The van der Waals surface area contributed by atoms with Crippen molar-refractivity contribution in [1.82, 2.24) is 35.4 Å². The van der Waals surface area contributed by atoms with Crippen LogP contribution in [0.15, 0.2) is 72.8 Å². The molecule has 0 amide bonds. The molecule has 0 unspecified atom stereocenters. The minimum Gasteiger partial charge on any atom is -0.399 e. The number of benzene rings is 3. The zero-order valence-corrected chi connectivity index (χ0v) is 19.0. The Morgan fingerprint density at radius 1 is 0.882 bits per heavy atom. The van der Waals surface area contributed by atoms with Crippen molar-refractivity contribution in [3.63, 3.8) is 0 Å². The fourth-order valence-electron chi connectivity index (χ4n) is 3.96. The Morgan fingerprint density at radius 3 is 2.32 bits per heavy atom. The third-order valence-corrected chi connectivity index (χ3v) is 5.76. The van der Waals surface area contributed by atoms with E-state index < -0.39 is 0 Å². The van der Waals surface area contributed by atoms with Gasteiger partial charge in [0.2, 0.25) is 0 Å². The van der Waals surface area contributed by atoms with E-state index in [1.807, 2.05) is 47.1 Å². The highest BCUT2D eigenvalue weighted by atomic mass is 15.5. The number of aryl methyl sites for hydroxylation is 1. The Morgan fingerprint density at radius 2 is 1.62 bits per heavy atom. The molecule has 170 valence electrons. The Kier molecular flexibility index (Phi) is 6.11. The maximum Gasteiger partial charge on any atom is 0.180 e. The first kappa shape index (κ1) is 21.5. The number of rotatable bonds is 8. The molecule has 2 heterocycles. The van der Waals surface area contributed by atoms with Gasteiger partial charge in [0.05, 0.1) is 6.54 Å². The molecule has 5 aromatic rings. The number of hydrogen-bond acceptors (Lipinski definition) is 6. The van der Waals surface area contributed by atoms with Crippen LogP contribution in [-0.4, -0.2) is 35.4 Å². The molecule has 34 heavy (non-hydrogen) atoms. The molecule has 0 saturated heterocycles. The molecule has 0 aliphatic carbocycles. The fraction of sp³-hybridized carbons (Fsp3) is 0.192. The standard InChI is InChI=1S/C26H26N8/c1-2-3-8-24-28-26(20-13-15-21(27)16-14-20)34(31-24)17-18-9-11-19(12-10-18)22-6-4-5-7-23(22)25-29-32-33-30-25/h4-7,9-16H,2-3,8,17,27H2,1H3,(H,29,30,32,33). The van der Waals surface area contributed by atoms with Crippen molar-refractivity contribution in [3.8, 4) is 33.9 Å². The van der Waals surface area contributed by atoms with Crippen LogP contribution in [0.3, 0.4) is 0 Å². The van der Waals surface area contributed by atoms with E-state index in [0.29, 0.717) is 12.4 Å². The summed E-state index contributed by atoms with van der Waals surface area (Å²) in [5, 5.41) is 19.2. The van der Waals surface area contributed by atoms with Crippen LogP contribution in [-0.2, 0) is 13.0 Å². The molecule has 0 fully saturated rings. The molecule has 0 radical (unpaired) electrons. The van der Waals surface area contributed by atoms with E-state index in [0.717, 1.165) is 64.4 Å². The topological polar surface area (TPSA) is 111 Å². The maximum absolute atomic E-state index is 5.89. The van der Waals surface area contributed by atoms with Gasteiger partial charge in [-0.3, -0.25) is 0 Å². The van der Waals surface area contributed by atoms with E-state index in [2.05, 4.69) is 57.9 Å². The van der Waals surface area contributed by atoms with Crippen LogP contribution in [0.1, 0.15) is 31.2 Å². The second kappa shape index (κ2) is 9.66. The highest BCUT2D eigenvalue weighted by molar-refractivity contribution is 5.80. The summed E-state index contributed by atoms with van der Waals surface area (Å²) in [6, 6.07) is 24.4. The summed E-state index contributed by atoms with van der Waals surface area (Å²) in [6.07, 6.45) is 3.05. The SMILES string of the molecule is CCCCc1nc(-c2ccc(N)cc2)n(Cc2ccc(-c3ccccc3-c3nnn[nH]3)cc2)n1. The summed E-state index contributed by atoms with van der Waals surface area (Å²) >= 11 is 0. The molecule has 2 aromatic heterocycles. The van der Waals surface area contributed by atoms with Crippen molar-refractivity contribution >= 4 is 5.69 Å². The molecule has 0 aliphatic rings. The first-order valence-corrected chi connectivity index (χ1v) is 11.4. The lowest BCUT2D eigenvalue weighted by atomic mass is 9.98.